The van der Waals surface area contributed by atoms with Crippen molar-refractivity contribution in [2.75, 3.05) is 31.1 Å². The zero-order valence-corrected chi connectivity index (χ0v) is 16.7. The minimum atomic E-state index is -0.0845. The summed E-state index contributed by atoms with van der Waals surface area (Å²) in [7, 11) is 0. The van der Waals surface area contributed by atoms with Gasteiger partial charge in [0.05, 0.1) is 17.4 Å². The Labute approximate surface area is 172 Å². The molecule has 1 fully saturated rings. The monoisotopic (exact) mass is 402 g/mol. The van der Waals surface area contributed by atoms with Gasteiger partial charge in [-0.1, -0.05) is 18.2 Å². The van der Waals surface area contributed by atoms with Crippen molar-refractivity contribution < 1.29 is 0 Å². The number of tetrazole rings is 1. The molecule has 0 spiro atoms. The van der Waals surface area contributed by atoms with Crippen molar-refractivity contribution in [1.82, 2.24) is 35.5 Å². The van der Waals surface area contributed by atoms with Crippen LogP contribution in [0.2, 0.25) is 0 Å². The summed E-state index contributed by atoms with van der Waals surface area (Å²) in [5.41, 5.74) is 3.94. The highest BCUT2D eigenvalue weighted by atomic mass is 16.1. The number of hydrogen-bond acceptors (Lipinski definition) is 7. The summed E-state index contributed by atoms with van der Waals surface area (Å²) in [5, 5.41) is 15.2. The molecular weight excluding hydrogens is 380 g/mol. The Morgan fingerprint density at radius 2 is 1.90 bits per heavy atom. The highest BCUT2D eigenvalue weighted by molar-refractivity contribution is 5.77. The van der Waals surface area contributed by atoms with Gasteiger partial charge >= 0.3 is 0 Å². The Kier molecular flexibility index (Phi) is 4.72. The van der Waals surface area contributed by atoms with Crippen molar-refractivity contribution in [3.8, 4) is 11.4 Å². The summed E-state index contributed by atoms with van der Waals surface area (Å²) < 4.78 is 0. The van der Waals surface area contributed by atoms with Crippen LogP contribution in [0.15, 0.2) is 47.3 Å². The van der Waals surface area contributed by atoms with Gasteiger partial charge in [0.25, 0.3) is 5.56 Å². The van der Waals surface area contributed by atoms with E-state index in [2.05, 4.69) is 59.4 Å². The van der Waals surface area contributed by atoms with E-state index in [9.17, 15) is 4.79 Å². The number of benzene rings is 2. The van der Waals surface area contributed by atoms with Crippen LogP contribution < -0.4 is 10.5 Å². The molecule has 5 rings (SSSR count). The molecule has 2 aromatic heterocycles. The fourth-order valence-corrected chi connectivity index (χ4v) is 3.94. The molecule has 0 aliphatic carbocycles. The molecule has 30 heavy (non-hydrogen) atoms. The molecule has 2 aromatic carbocycles. The largest absolute Gasteiger partial charge is 0.368 e. The van der Waals surface area contributed by atoms with Crippen molar-refractivity contribution >= 4 is 16.6 Å². The summed E-state index contributed by atoms with van der Waals surface area (Å²) in [4.78, 5) is 24.5. The first-order chi connectivity index (χ1) is 14.7. The Hall–Kier alpha value is -3.59. The number of para-hydroxylation sites is 1. The van der Waals surface area contributed by atoms with Crippen LogP contribution in [-0.2, 0) is 6.54 Å². The molecule has 9 nitrogen and oxygen atoms in total. The fraction of sp³-hybridized carbons (Fsp3) is 0.286. The van der Waals surface area contributed by atoms with Gasteiger partial charge in [-0.05, 0) is 42.0 Å². The summed E-state index contributed by atoms with van der Waals surface area (Å²) in [5.74, 6) is 1.31. The molecular formula is C21H22N8O. The highest BCUT2D eigenvalue weighted by Gasteiger charge is 2.22. The van der Waals surface area contributed by atoms with E-state index in [-0.39, 0.29) is 5.56 Å². The van der Waals surface area contributed by atoms with Crippen molar-refractivity contribution in [2.24, 2.45) is 0 Å². The van der Waals surface area contributed by atoms with Crippen molar-refractivity contribution in [3.63, 3.8) is 0 Å². The van der Waals surface area contributed by atoms with Gasteiger partial charge < -0.3 is 9.88 Å². The third kappa shape index (κ3) is 3.55. The summed E-state index contributed by atoms with van der Waals surface area (Å²) in [6.45, 7) is 6.19. The van der Waals surface area contributed by atoms with Crippen LogP contribution >= 0.6 is 0 Å². The lowest BCUT2D eigenvalue weighted by molar-refractivity contribution is 0.244. The lowest BCUT2D eigenvalue weighted by Crippen LogP contribution is -2.46. The Morgan fingerprint density at radius 3 is 2.70 bits per heavy atom. The van der Waals surface area contributed by atoms with Crippen LogP contribution in [0.4, 0.5) is 5.69 Å². The smallest absolute Gasteiger partial charge is 0.258 e. The maximum Gasteiger partial charge on any atom is 0.258 e. The van der Waals surface area contributed by atoms with E-state index in [0.717, 1.165) is 42.9 Å². The predicted molar refractivity (Wildman–Crippen MR) is 114 cm³/mol. The number of rotatable bonds is 4. The van der Waals surface area contributed by atoms with Crippen LogP contribution in [0.1, 0.15) is 11.4 Å². The van der Waals surface area contributed by atoms with Crippen LogP contribution in [0, 0.1) is 6.92 Å². The van der Waals surface area contributed by atoms with Gasteiger partial charge in [0.1, 0.15) is 5.82 Å². The molecule has 2 N–H and O–H groups in total. The predicted octanol–water partition coefficient (Wildman–Crippen LogP) is 1.73. The van der Waals surface area contributed by atoms with E-state index in [1.807, 2.05) is 24.3 Å². The first-order valence-corrected chi connectivity index (χ1v) is 9.97. The zero-order chi connectivity index (χ0) is 20.5. The van der Waals surface area contributed by atoms with Crippen molar-refractivity contribution in [1.29, 1.82) is 0 Å². The Balaban J connectivity index is 1.32. The van der Waals surface area contributed by atoms with Crippen molar-refractivity contribution in [2.45, 2.75) is 13.5 Å². The summed E-state index contributed by atoms with van der Waals surface area (Å²) in [6.07, 6.45) is 0. The molecule has 0 unspecified atom stereocenters. The number of H-pyrrole nitrogens is 2. The third-order valence-corrected chi connectivity index (χ3v) is 5.49. The number of nitrogens with one attached hydrogen (secondary N) is 2. The van der Waals surface area contributed by atoms with Gasteiger partial charge in [0.2, 0.25) is 5.82 Å². The molecule has 0 saturated carbocycles. The van der Waals surface area contributed by atoms with E-state index >= 15 is 0 Å². The molecule has 1 saturated heterocycles. The topological polar surface area (TPSA) is 107 Å². The molecule has 1 aliphatic heterocycles. The van der Waals surface area contributed by atoms with Gasteiger partial charge in [0.15, 0.2) is 0 Å². The van der Waals surface area contributed by atoms with Crippen LogP contribution in [0.5, 0.6) is 0 Å². The molecule has 0 radical (unpaired) electrons. The van der Waals surface area contributed by atoms with E-state index in [0.29, 0.717) is 23.6 Å². The Bertz CT molecular complexity index is 1230. The molecule has 0 atom stereocenters. The second kappa shape index (κ2) is 7.68. The number of anilines is 1. The number of aromatic nitrogens is 6. The molecule has 1 aliphatic rings. The highest BCUT2D eigenvalue weighted by Crippen LogP contribution is 2.30. The van der Waals surface area contributed by atoms with Crippen LogP contribution in [0.25, 0.3) is 22.3 Å². The molecule has 3 heterocycles. The lowest BCUT2D eigenvalue weighted by atomic mass is 10.1. The molecule has 9 heteroatoms. The fourth-order valence-electron chi connectivity index (χ4n) is 3.94. The first-order valence-electron chi connectivity index (χ1n) is 9.97. The number of piperazine rings is 1. The average Bonchev–Trinajstić information content (AvgIpc) is 3.29. The number of nitrogens with zero attached hydrogens (tertiary/aromatic N) is 6. The quantitative estimate of drug-likeness (QED) is 0.535. The van der Waals surface area contributed by atoms with Crippen molar-refractivity contribution in [3.05, 3.63) is 64.2 Å². The maximum absolute atomic E-state index is 12.3. The van der Waals surface area contributed by atoms with Gasteiger partial charge in [-0.25, -0.2) is 4.98 Å². The summed E-state index contributed by atoms with van der Waals surface area (Å²) in [6, 6.07) is 13.7. The lowest BCUT2D eigenvalue weighted by Gasteiger charge is -2.36. The zero-order valence-electron chi connectivity index (χ0n) is 16.7. The van der Waals surface area contributed by atoms with Gasteiger partial charge in [-0.2, -0.15) is 5.21 Å². The van der Waals surface area contributed by atoms with Gasteiger partial charge in [-0.15, -0.1) is 10.2 Å². The molecule has 152 valence electrons. The normalized spacial score (nSPS) is 15.0. The Morgan fingerprint density at radius 1 is 1.07 bits per heavy atom. The molecule has 0 bridgehead atoms. The van der Waals surface area contributed by atoms with Crippen LogP contribution in [0.3, 0.4) is 0 Å². The van der Waals surface area contributed by atoms with E-state index in [1.54, 1.807) is 6.07 Å². The first kappa shape index (κ1) is 18.4. The standard InChI is InChI=1S/C21H22N8O/c1-14-6-7-16(20-24-26-27-25-20)18(12-14)29-10-8-28(9-11-29)13-19-22-17-5-3-2-4-15(17)21(30)23-19/h2-7,12H,8-11,13H2,1H3,(H,22,23,30)(H,24,25,26,27). The van der Waals surface area contributed by atoms with Gasteiger partial charge in [0, 0.05) is 37.4 Å². The second-order valence-corrected chi connectivity index (χ2v) is 7.55. The van der Waals surface area contributed by atoms with E-state index < -0.39 is 0 Å². The molecule has 0 amide bonds. The number of fused-ring (bicyclic) bond motifs is 1. The number of aryl methyl sites for hydroxylation is 1. The SMILES string of the molecule is Cc1ccc(-c2nn[nH]n2)c(N2CCN(Cc3nc4ccccc4c(=O)[nH]3)CC2)c1. The minimum Gasteiger partial charge on any atom is -0.368 e. The minimum absolute atomic E-state index is 0.0845. The molecule has 4 aromatic rings. The average molecular weight is 402 g/mol. The van der Waals surface area contributed by atoms with E-state index in [4.69, 9.17) is 0 Å². The maximum atomic E-state index is 12.3. The van der Waals surface area contributed by atoms with Crippen LogP contribution in [-0.4, -0.2) is 61.7 Å². The second-order valence-electron chi connectivity index (χ2n) is 7.55. The number of aromatic amines is 2. The summed E-state index contributed by atoms with van der Waals surface area (Å²) >= 11 is 0. The van der Waals surface area contributed by atoms with E-state index in [1.165, 1.54) is 5.56 Å². The van der Waals surface area contributed by atoms with Gasteiger partial charge in [-0.3, -0.25) is 9.69 Å². The number of hydrogen-bond donors (Lipinski definition) is 2. The third-order valence-electron chi connectivity index (χ3n) is 5.49.